The molecule has 6 heteroatoms. The first-order chi connectivity index (χ1) is 10.1. The lowest BCUT2D eigenvalue weighted by molar-refractivity contribution is 0.0791. The molecule has 1 N–H and O–H groups in total. The second kappa shape index (κ2) is 5.57. The van der Waals surface area contributed by atoms with Gasteiger partial charge in [-0.05, 0) is 18.6 Å². The molecule has 0 fully saturated rings. The van der Waals surface area contributed by atoms with Crippen LogP contribution in [0, 0.1) is 6.92 Å². The van der Waals surface area contributed by atoms with Crippen molar-refractivity contribution in [3.8, 4) is 0 Å². The highest BCUT2D eigenvalue weighted by Crippen LogP contribution is 2.21. The molecule has 0 saturated heterocycles. The van der Waals surface area contributed by atoms with Gasteiger partial charge in [0.1, 0.15) is 12.3 Å². The van der Waals surface area contributed by atoms with E-state index in [1.165, 1.54) is 6.07 Å². The van der Waals surface area contributed by atoms with Gasteiger partial charge in [-0.2, -0.15) is 0 Å². The Morgan fingerprint density at radius 3 is 2.95 bits per heavy atom. The zero-order valence-corrected chi connectivity index (χ0v) is 11.8. The van der Waals surface area contributed by atoms with Crippen LogP contribution in [0.15, 0.2) is 39.6 Å². The average molecular weight is 287 g/mol. The number of hydrogen-bond acceptors (Lipinski definition) is 5. The molecule has 1 aliphatic heterocycles. The molecule has 0 atom stereocenters. The summed E-state index contributed by atoms with van der Waals surface area (Å²) in [5.74, 6) is 0.0797. The number of nitrogens with zero attached hydrogens (tertiary/aromatic N) is 2. The smallest absolute Gasteiger partial charge is 0.290 e. The normalized spacial score (nSPS) is 14.6. The van der Waals surface area contributed by atoms with Crippen LogP contribution in [0.2, 0.25) is 0 Å². The maximum Gasteiger partial charge on any atom is 0.290 e. The number of carbonyl (C=O) groups is 1. The van der Waals surface area contributed by atoms with E-state index in [1.807, 2.05) is 29.2 Å². The predicted octanol–water partition coefficient (Wildman–Crippen LogP) is 1.000. The van der Waals surface area contributed by atoms with Crippen LogP contribution in [0.25, 0.3) is 0 Å². The zero-order chi connectivity index (χ0) is 14.8. The number of fused-ring (bicyclic) bond motifs is 1. The van der Waals surface area contributed by atoms with Crippen LogP contribution in [-0.2, 0) is 6.54 Å². The van der Waals surface area contributed by atoms with Gasteiger partial charge in [0, 0.05) is 31.4 Å². The highest BCUT2D eigenvalue weighted by Gasteiger charge is 2.20. The molecule has 3 rings (SSSR count). The molecular weight excluding hydrogens is 270 g/mol. The van der Waals surface area contributed by atoms with Gasteiger partial charge in [0.2, 0.25) is 0 Å². The van der Waals surface area contributed by atoms with E-state index in [0.717, 1.165) is 29.1 Å². The van der Waals surface area contributed by atoms with E-state index in [1.54, 1.807) is 6.92 Å². The summed E-state index contributed by atoms with van der Waals surface area (Å²) in [6.07, 6.45) is 0. The fourth-order valence-corrected chi connectivity index (χ4v) is 2.54. The van der Waals surface area contributed by atoms with Crippen LogP contribution in [-0.4, -0.2) is 30.3 Å². The van der Waals surface area contributed by atoms with Crippen molar-refractivity contribution in [3.63, 3.8) is 0 Å². The quantitative estimate of drug-likeness (QED) is 0.892. The van der Waals surface area contributed by atoms with Crippen molar-refractivity contribution in [1.29, 1.82) is 0 Å². The Bertz CT molecular complexity index is 717. The SMILES string of the molecule is Cc1cc(=O)n(C(=O)CN2CCNCc3ccccc32)o1. The lowest BCUT2D eigenvalue weighted by atomic mass is 10.1. The minimum Gasteiger partial charge on any atom is -0.373 e. The maximum absolute atomic E-state index is 12.3. The van der Waals surface area contributed by atoms with Crippen molar-refractivity contribution in [2.75, 3.05) is 24.5 Å². The van der Waals surface area contributed by atoms with Gasteiger partial charge in [0.25, 0.3) is 11.5 Å². The number of aryl methyl sites for hydroxylation is 1. The molecular formula is C15H17N3O3. The van der Waals surface area contributed by atoms with Crippen LogP contribution >= 0.6 is 0 Å². The van der Waals surface area contributed by atoms with Gasteiger partial charge < -0.3 is 14.7 Å². The highest BCUT2D eigenvalue weighted by atomic mass is 16.5. The van der Waals surface area contributed by atoms with Gasteiger partial charge in [0.05, 0.1) is 0 Å². The summed E-state index contributed by atoms with van der Waals surface area (Å²) in [6, 6.07) is 9.27. The number of hydrogen-bond donors (Lipinski definition) is 1. The van der Waals surface area contributed by atoms with E-state index in [9.17, 15) is 9.59 Å². The molecule has 110 valence electrons. The molecule has 0 saturated carbocycles. The van der Waals surface area contributed by atoms with Crippen molar-refractivity contribution < 1.29 is 9.32 Å². The monoisotopic (exact) mass is 287 g/mol. The van der Waals surface area contributed by atoms with Gasteiger partial charge in [-0.1, -0.05) is 18.2 Å². The molecule has 1 aromatic carbocycles. The second-order valence-electron chi connectivity index (χ2n) is 5.10. The van der Waals surface area contributed by atoms with Crippen LogP contribution in [0.3, 0.4) is 0 Å². The van der Waals surface area contributed by atoms with Crippen molar-refractivity contribution in [3.05, 3.63) is 52.0 Å². The van der Waals surface area contributed by atoms with Crippen LogP contribution < -0.4 is 15.8 Å². The number of nitrogens with one attached hydrogen (secondary N) is 1. The Morgan fingerprint density at radius 2 is 2.19 bits per heavy atom. The van der Waals surface area contributed by atoms with Crippen LogP contribution in [0.4, 0.5) is 5.69 Å². The van der Waals surface area contributed by atoms with Gasteiger partial charge >= 0.3 is 0 Å². The van der Waals surface area contributed by atoms with E-state index in [4.69, 9.17) is 4.52 Å². The standard InChI is InChI=1S/C15H17N3O3/c1-11-8-14(19)18(21-11)15(20)10-17-7-6-16-9-12-4-2-3-5-13(12)17/h2-5,8,16H,6-7,9-10H2,1H3. The Labute approximate surface area is 121 Å². The summed E-state index contributed by atoms with van der Waals surface area (Å²) in [7, 11) is 0. The number of benzene rings is 1. The second-order valence-corrected chi connectivity index (χ2v) is 5.10. The number of para-hydroxylation sites is 1. The third-order valence-corrected chi connectivity index (χ3v) is 3.52. The van der Waals surface area contributed by atoms with Crippen LogP contribution in [0.1, 0.15) is 16.1 Å². The maximum atomic E-state index is 12.3. The van der Waals surface area contributed by atoms with Crippen LogP contribution in [0.5, 0.6) is 0 Å². The van der Waals surface area contributed by atoms with E-state index < -0.39 is 5.56 Å². The summed E-state index contributed by atoms with van der Waals surface area (Å²) in [5.41, 5.74) is 1.75. The molecule has 6 nitrogen and oxygen atoms in total. The van der Waals surface area contributed by atoms with E-state index in [2.05, 4.69) is 5.32 Å². The first-order valence-corrected chi connectivity index (χ1v) is 6.92. The van der Waals surface area contributed by atoms with Crippen molar-refractivity contribution in [2.45, 2.75) is 13.5 Å². The minimum absolute atomic E-state index is 0.117. The number of anilines is 1. The molecule has 0 spiro atoms. The molecule has 0 radical (unpaired) electrons. The minimum atomic E-state index is -0.418. The summed E-state index contributed by atoms with van der Waals surface area (Å²) in [6.45, 7) is 4.04. The predicted molar refractivity (Wildman–Crippen MR) is 78.7 cm³/mol. The molecule has 0 unspecified atom stereocenters. The Hall–Kier alpha value is -2.34. The van der Waals surface area contributed by atoms with Gasteiger partial charge in [0.15, 0.2) is 0 Å². The van der Waals surface area contributed by atoms with Crippen molar-refractivity contribution in [1.82, 2.24) is 10.1 Å². The molecule has 0 aliphatic carbocycles. The van der Waals surface area contributed by atoms with Gasteiger partial charge in [-0.25, -0.2) is 0 Å². The zero-order valence-electron chi connectivity index (χ0n) is 11.8. The lowest BCUT2D eigenvalue weighted by Gasteiger charge is -2.23. The van der Waals surface area contributed by atoms with E-state index in [-0.39, 0.29) is 12.5 Å². The van der Waals surface area contributed by atoms with Crippen molar-refractivity contribution in [2.24, 2.45) is 0 Å². The topological polar surface area (TPSA) is 67.5 Å². The highest BCUT2D eigenvalue weighted by molar-refractivity contribution is 5.83. The lowest BCUT2D eigenvalue weighted by Crippen LogP contribution is -2.37. The molecule has 0 amide bonds. The summed E-state index contributed by atoms with van der Waals surface area (Å²) >= 11 is 0. The summed E-state index contributed by atoms with van der Waals surface area (Å²) < 4.78 is 5.98. The molecule has 2 heterocycles. The van der Waals surface area contributed by atoms with Gasteiger partial charge in [-0.3, -0.25) is 9.59 Å². The number of carbonyl (C=O) groups excluding carboxylic acids is 1. The first-order valence-electron chi connectivity index (χ1n) is 6.92. The molecule has 0 bridgehead atoms. The Balaban J connectivity index is 1.86. The molecule has 2 aromatic rings. The Kier molecular flexibility index (Phi) is 3.62. The van der Waals surface area contributed by atoms with Crippen molar-refractivity contribution >= 4 is 11.6 Å². The first kappa shape index (κ1) is 13.6. The molecule has 1 aromatic heterocycles. The van der Waals surface area contributed by atoms with E-state index in [0.29, 0.717) is 12.3 Å². The Morgan fingerprint density at radius 1 is 1.38 bits per heavy atom. The number of rotatable bonds is 2. The van der Waals surface area contributed by atoms with E-state index >= 15 is 0 Å². The summed E-state index contributed by atoms with van der Waals surface area (Å²) in [5, 5.41) is 3.32. The largest absolute Gasteiger partial charge is 0.373 e. The fourth-order valence-electron chi connectivity index (χ4n) is 2.54. The number of aromatic nitrogens is 1. The molecule has 21 heavy (non-hydrogen) atoms. The average Bonchev–Trinajstić information content (AvgIpc) is 2.69. The molecule has 1 aliphatic rings. The summed E-state index contributed by atoms with van der Waals surface area (Å²) in [4.78, 5) is 25.9. The van der Waals surface area contributed by atoms with Gasteiger partial charge in [-0.15, -0.1) is 4.74 Å². The third kappa shape index (κ3) is 2.75. The fraction of sp³-hybridized carbons (Fsp3) is 0.333. The third-order valence-electron chi connectivity index (χ3n) is 3.52.